The number of anilines is 1. The lowest BCUT2D eigenvalue weighted by Crippen LogP contribution is -2.53. The van der Waals surface area contributed by atoms with Crippen LogP contribution in [0.4, 0.5) is 28.2 Å². The van der Waals surface area contributed by atoms with E-state index in [0.717, 1.165) is 44.7 Å². The fraction of sp³-hybridized carbons (Fsp3) is 0.562. The number of aromatic nitrogens is 3. The lowest BCUT2D eigenvalue weighted by atomic mass is 9.53. The molecule has 1 amide bonds. The second kappa shape index (κ2) is 11.3. The summed E-state index contributed by atoms with van der Waals surface area (Å²) in [6.07, 6.45) is 4.89. The SMILES string of the molecule is CC(C)(F)c1nc(C23CCC(CN(C(=O)O[C@H]4C[C@@](C)(O)C4)c4cc(-c5ccc(OC(F)F)cc5)c(F)cn4)(CC2)CC3)no1. The smallest absolute Gasteiger partial charge is 0.415 e. The molecule has 0 saturated heterocycles. The summed E-state index contributed by atoms with van der Waals surface area (Å²) >= 11 is 0. The predicted octanol–water partition coefficient (Wildman–Crippen LogP) is 7.23. The number of hydrogen-bond donors (Lipinski definition) is 1. The number of pyridine rings is 1. The third-order valence-electron chi connectivity index (χ3n) is 9.63. The summed E-state index contributed by atoms with van der Waals surface area (Å²) in [4.78, 5) is 23.8. The van der Waals surface area contributed by atoms with Crippen molar-refractivity contribution in [1.29, 1.82) is 0 Å². The maximum absolute atomic E-state index is 15.1. The van der Waals surface area contributed by atoms with Gasteiger partial charge in [-0.15, -0.1) is 0 Å². The van der Waals surface area contributed by atoms with E-state index >= 15 is 4.39 Å². The number of nitrogens with zero attached hydrogens (tertiary/aromatic N) is 4. The zero-order valence-corrected chi connectivity index (χ0v) is 25.4. The van der Waals surface area contributed by atoms with Crippen LogP contribution in [0, 0.1) is 11.2 Å². The molecule has 4 aliphatic carbocycles. The Hall–Kier alpha value is -3.74. The Labute approximate surface area is 257 Å². The highest BCUT2D eigenvalue weighted by molar-refractivity contribution is 5.87. The lowest BCUT2D eigenvalue weighted by molar-refractivity contribution is -0.102. The first-order valence-electron chi connectivity index (χ1n) is 15.1. The van der Waals surface area contributed by atoms with E-state index < -0.39 is 35.9 Å². The second-order valence-corrected chi connectivity index (χ2v) is 13.6. The van der Waals surface area contributed by atoms with E-state index in [1.165, 1.54) is 49.1 Å². The highest BCUT2D eigenvalue weighted by Crippen LogP contribution is 2.57. The zero-order chi connectivity index (χ0) is 32.2. The number of benzene rings is 1. The van der Waals surface area contributed by atoms with Gasteiger partial charge in [0.15, 0.2) is 11.5 Å². The second-order valence-electron chi connectivity index (χ2n) is 13.6. The van der Waals surface area contributed by atoms with Gasteiger partial charge in [0.25, 0.3) is 5.89 Å². The first-order valence-corrected chi connectivity index (χ1v) is 15.1. The summed E-state index contributed by atoms with van der Waals surface area (Å²) in [6.45, 7) is 1.70. The Morgan fingerprint density at radius 2 is 1.78 bits per heavy atom. The number of carbonyl (C=O) groups excluding carboxylic acids is 1. The van der Waals surface area contributed by atoms with Gasteiger partial charge in [0, 0.05) is 30.4 Å². The van der Waals surface area contributed by atoms with Crippen molar-refractivity contribution in [3.05, 3.63) is 54.1 Å². The number of ether oxygens (including phenoxy) is 2. The molecule has 0 atom stereocenters. The van der Waals surface area contributed by atoms with E-state index in [9.17, 15) is 23.1 Å². The molecular formula is C32H36F4N4O5. The van der Waals surface area contributed by atoms with Crippen molar-refractivity contribution < 1.29 is 41.5 Å². The monoisotopic (exact) mass is 632 g/mol. The highest BCUT2D eigenvalue weighted by atomic mass is 19.3. The average molecular weight is 633 g/mol. The molecule has 2 bridgehead atoms. The molecule has 0 radical (unpaired) electrons. The minimum atomic E-state index is -2.99. The van der Waals surface area contributed by atoms with Gasteiger partial charge in [-0.3, -0.25) is 4.90 Å². The van der Waals surface area contributed by atoms with Crippen LogP contribution < -0.4 is 9.64 Å². The van der Waals surface area contributed by atoms with Crippen molar-refractivity contribution >= 4 is 11.9 Å². The molecule has 7 rings (SSSR count). The van der Waals surface area contributed by atoms with Crippen LogP contribution in [-0.2, 0) is 15.8 Å². The van der Waals surface area contributed by atoms with Gasteiger partial charge in [0.2, 0.25) is 0 Å². The fourth-order valence-corrected chi connectivity index (χ4v) is 6.91. The van der Waals surface area contributed by atoms with E-state index in [1.807, 2.05) is 0 Å². The minimum absolute atomic E-state index is 0.0486. The van der Waals surface area contributed by atoms with E-state index in [4.69, 9.17) is 9.26 Å². The van der Waals surface area contributed by atoms with Gasteiger partial charge in [-0.2, -0.15) is 13.8 Å². The molecule has 45 heavy (non-hydrogen) atoms. The number of carbonyl (C=O) groups is 1. The average Bonchev–Trinajstić information content (AvgIpc) is 3.49. The Morgan fingerprint density at radius 1 is 1.13 bits per heavy atom. The molecule has 1 N–H and O–H groups in total. The number of alkyl halides is 3. The van der Waals surface area contributed by atoms with E-state index in [-0.39, 0.29) is 40.4 Å². The number of fused-ring (bicyclic) bond motifs is 3. The molecule has 0 spiro atoms. The summed E-state index contributed by atoms with van der Waals surface area (Å²) in [5.74, 6) is -0.0774. The molecule has 3 aromatic rings. The Balaban J connectivity index is 1.25. The molecule has 4 aliphatic rings. The summed E-state index contributed by atoms with van der Waals surface area (Å²) in [6, 6.07) is 6.97. The standard InChI is InChI=1S/C32H36F4N4O5/c1-29(2,36)26-38-25(39-45-26)32-11-8-31(9-12-32,10-13-32)18-40(28(41)44-21-15-30(3,42)16-21)24-14-22(23(33)17-37-24)19-4-6-20(7-5-19)43-27(34)35/h4-7,14,17,21,27,42H,8-13,15-16,18H2,1-3H3/t21-,30+,31?,32?. The van der Waals surface area contributed by atoms with Crippen molar-refractivity contribution in [2.75, 3.05) is 11.4 Å². The fourth-order valence-electron chi connectivity index (χ4n) is 6.91. The van der Waals surface area contributed by atoms with Gasteiger partial charge in [0.1, 0.15) is 23.5 Å². The van der Waals surface area contributed by atoms with Gasteiger partial charge in [-0.05, 0) is 88.5 Å². The maximum atomic E-state index is 15.1. The topological polar surface area (TPSA) is 111 Å². The molecule has 4 saturated carbocycles. The summed E-state index contributed by atoms with van der Waals surface area (Å²) < 4.78 is 70.2. The van der Waals surface area contributed by atoms with Crippen molar-refractivity contribution in [3.8, 4) is 16.9 Å². The van der Waals surface area contributed by atoms with Gasteiger partial charge < -0.3 is 19.1 Å². The molecule has 2 heterocycles. The quantitative estimate of drug-likeness (QED) is 0.246. The molecule has 242 valence electrons. The third-order valence-corrected chi connectivity index (χ3v) is 9.63. The third kappa shape index (κ3) is 6.36. The summed E-state index contributed by atoms with van der Waals surface area (Å²) in [7, 11) is 0. The van der Waals surface area contributed by atoms with Crippen molar-refractivity contribution in [2.24, 2.45) is 5.41 Å². The molecule has 9 nitrogen and oxygen atoms in total. The number of aliphatic hydroxyl groups is 1. The van der Waals surface area contributed by atoms with Gasteiger partial charge >= 0.3 is 12.7 Å². The summed E-state index contributed by atoms with van der Waals surface area (Å²) in [5.41, 5.74) is -2.76. The van der Waals surface area contributed by atoms with Crippen LogP contribution in [0.1, 0.15) is 83.9 Å². The molecule has 0 unspecified atom stereocenters. The van der Waals surface area contributed by atoms with Crippen LogP contribution in [0.15, 0.2) is 41.1 Å². The zero-order valence-electron chi connectivity index (χ0n) is 25.4. The number of rotatable bonds is 9. The van der Waals surface area contributed by atoms with E-state index in [2.05, 4.69) is 19.9 Å². The van der Waals surface area contributed by atoms with Gasteiger partial charge in [-0.25, -0.2) is 18.6 Å². The molecule has 0 aliphatic heterocycles. The molecule has 13 heteroatoms. The Morgan fingerprint density at radius 3 is 2.33 bits per heavy atom. The maximum Gasteiger partial charge on any atom is 0.415 e. The number of hydrogen-bond acceptors (Lipinski definition) is 8. The van der Waals surface area contributed by atoms with Crippen LogP contribution >= 0.6 is 0 Å². The number of amides is 1. The van der Waals surface area contributed by atoms with Gasteiger partial charge in [-0.1, -0.05) is 17.3 Å². The largest absolute Gasteiger partial charge is 0.446 e. The van der Waals surface area contributed by atoms with E-state index in [1.54, 1.807) is 6.92 Å². The Bertz CT molecular complexity index is 1520. The van der Waals surface area contributed by atoms with Crippen LogP contribution in [0.25, 0.3) is 11.1 Å². The van der Waals surface area contributed by atoms with Crippen LogP contribution in [0.5, 0.6) is 5.75 Å². The molecular weight excluding hydrogens is 596 g/mol. The predicted molar refractivity (Wildman–Crippen MR) is 154 cm³/mol. The van der Waals surface area contributed by atoms with Gasteiger partial charge in [0.05, 0.1) is 11.8 Å². The summed E-state index contributed by atoms with van der Waals surface area (Å²) in [5, 5.41) is 14.3. The Kier molecular flexibility index (Phi) is 7.81. The molecule has 1 aromatic carbocycles. The lowest BCUT2D eigenvalue weighted by Gasteiger charge is -2.53. The molecule has 4 fully saturated rings. The first kappa shape index (κ1) is 31.3. The first-order chi connectivity index (χ1) is 21.2. The van der Waals surface area contributed by atoms with Crippen molar-refractivity contribution in [2.45, 2.75) is 102 Å². The van der Waals surface area contributed by atoms with Crippen molar-refractivity contribution in [3.63, 3.8) is 0 Å². The normalized spacial score (nSPS) is 27.7. The number of halogens is 4. The van der Waals surface area contributed by atoms with E-state index in [0.29, 0.717) is 24.2 Å². The van der Waals surface area contributed by atoms with Crippen LogP contribution in [0.3, 0.4) is 0 Å². The molecule has 2 aromatic heterocycles. The van der Waals surface area contributed by atoms with Crippen LogP contribution in [0.2, 0.25) is 0 Å². The van der Waals surface area contributed by atoms with Crippen LogP contribution in [-0.4, -0.2) is 51.2 Å². The highest BCUT2D eigenvalue weighted by Gasteiger charge is 2.53. The van der Waals surface area contributed by atoms with Crippen molar-refractivity contribution in [1.82, 2.24) is 15.1 Å². The minimum Gasteiger partial charge on any atom is -0.446 e.